The van der Waals surface area contributed by atoms with Crippen LogP contribution in [0.25, 0.3) is 0 Å². The fourth-order valence-electron chi connectivity index (χ4n) is 2.13. The zero-order valence-electron chi connectivity index (χ0n) is 11.1. The molecule has 0 aliphatic heterocycles. The third-order valence-corrected chi connectivity index (χ3v) is 3.13. The molecule has 1 aromatic heterocycles. The first-order valence-corrected chi connectivity index (χ1v) is 5.95. The van der Waals surface area contributed by atoms with Crippen LogP contribution in [-0.4, -0.2) is 9.78 Å². The molecule has 0 amide bonds. The highest BCUT2D eigenvalue weighted by molar-refractivity contribution is 5.38. The average Bonchev–Trinajstić information content (AvgIpc) is 2.77. The number of rotatable bonds is 3. The van der Waals surface area contributed by atoms with Gasteiger partial charge in [0.05, 0.1) is 17.8 Å². The summed E-state index contributed by atoms with van der Waals surface area (Å²) in [6, 6.07) is 3.22. The Kier molecular flexibility index (Phi) is 3.82. The summed E-state index contributed by atoms with van der Waals surface area (Å²) in [4.78, 5) is 0. The van der Waals surface area contributed by atoms with Crippen molar-refractivity contribution in [2.24, 2.45) is 12.9 Å². The molecule has 7 heteroatoms. The van der Waals surface area contributed by atoms with Gasteiger partial charge in [-0.2, -0.15) is 18.3 Å². The molecule has 2 rings (SSSR count). The van der Waals surface area contributed by atoms with Crippen molar-refractivity contribution < 1.29 is 13.2 Å². The molecule has 0 bridgehead atoms. The molecule has 20 heavy (non-hydrogen) atoms. The number of alkyl halides is 3. The van der Waals surface area contributed by atoms with E-state index >= 15 is 0 Å². The fraction of sp³-hybridized carbons (Fsp3) is 0.308. The molecule has 1 aromatic carbocycles. The summed E-state index contributed by atoms with van der Waals surface area (Å²) in [5.74, 6) is 5.53. The summed E-state index contributed by atoms with van der Waals surface area (Å²) in [6.45, 7) is 1.63. The van der Waals surface area contributed by atoms with E-state index in [0.29, 0.717) is 11.1 Å². The number of hydrogen-bond acceptors (Lipinski definition) is 3. The third kappa shape index (κ3) is 2.83. The van der Waals surface area contributed by atoms with Gasteiger partial charge in [-0.15, -0.1) is 0 Å². The maximum atomic E-state index is 12.7. The molecule has 4 nitrogen and oxygen atoms in total. The summed E-state index contributed by atoms with van der Waals surface area (Å²) in [5, 5.41) is 4.04. The summed E-state index contributed by atoms with van der Waals surface area (Å²) >= 11 is 0. The van der Waals surface area contributed by atoms with E-state index in [2.05, 4.69) is 10.5 Å². The first-order chi connectivity index (χ1) is 9.32. The van der Waals surface area contributed by atoms with Gasteiger partial charge in [0.2, 0.25) is 0 Å². The van der Waals surface area contributed by atoms with E-state index < -0.39 is 17.8 Å². The van der Waals surface area contributed by atoms with Crippen molar-refractivity contribution in [3.8, 4) is 0 Å². The lowest BCUT2D eigenvalue weighted by molar-refractivity contribution is -0.137. The zero-order chi connectivity index (χ0) is 14.9. The van der Waals surface area contributed by atoms with Crippen molar-refractivity contribution in [1.29, 1.82) is 0 Å². The number of nitrogens with one attached hydrogen (secondary N) is 1. The number of nitrogens with zero attached hydrogens (tertiary/aromatic N) is 2. The van der Waals surface area contributed by atoms with Gasteiger partial charge in [-0.05, 0) is 30.2 Å². The molecule has 1 unspecified atom stereocenters. The molecule has 0 aliphatic carbocycles. The van der Waals surface area contributed by atoms with Crippen LogP contribution in [0.15, 0.2) is 30.6 Å². The maximum Gasteiger partial charge on any atom is 0.416 e. The number of aryl methyl sites for hydroxylation is 2. The Labute approximate surface area is 114 Å². The number of benzene rings is 1. The number of halogens is 3. The lowest BCUT2D eigenvalue weighted by Gasteiger charge is -2.18. The minimum Gasteiger partial charge on any atom is -0.275 e. The molecule has 3 N–H and O–H groups in total. The van der Waals surface area contributed by atoms with Crippen LogP contribution in [0.4, 0.5) is 13.2 Å². The second kappa shape index (κ2) is 5.26. The lowest BCUT2D eigenvalue weighted by atomic mass is 9.96. The van der Waals surface area contributed by atoms with Gasteiger partial charge in [-0.1, -0.05) is 6.07 Å². The van der Waals surface area contributed by atoms with Gasteiger partial charge in [0.25, 0.3) is 0 Å². The molecule has 0 aliphatic rings. The molecule has 0 fully saturated rings. The zero-order valence-corrected chi connectivity index (χ0v) is 11.1. The van der Waals surface area contributed by atoms with Crippen molar-refractivity contribution in [3.63, 3.8) is 0 Å². The molecular formula is C13H15F3N4. The third-order valence-electron chi connectivity index (χ3n) is 3.13. The summed E-state index contributed by atoms with van der Waals surface area (Å²) in [7, 11) is 1.76. The van der Waals surface area contributed by atoms with Crippen LogP contribution in [0.3, 0.4) is 0 Å². The molecule has 0 saturated carbocycles. The molecule has 0 saturated heterocycles. The first-order valence-electron chi connectivity index (χ1n) is 5.95. The van der Waals surface area contributed by atoms with Crippen LogP contribution in [0.2, 0.25) is 0 Å². The van der Waals surface area contributed by atoms with E-state index in [1.54, 1.807) is 31.0 Å². The minimum absolute atomic E-state index is 0.397. The summed E-state index contributed by atoms with van der Waals surface area (Å²) < 4.78 is 39.6. The van der Waals surface area contributed by atoms with Crippen molar-refractivity contribution in [3.05, 3.63) is 52.8 Å². The summed E-state index contributed by atoms with van der Waals surface area (Å²) in [6.07, 6.45) is -0.952. The van der Waals surface area contributed by atoms with E-state index in [9.17, 15) is 13.2 Å². The predicted octanol–water partition coefficient (Wildman–Crippen LogP) is 2.30. The Morgan fingerprint density at radius 2 is 2.05 bits per heavy atom. The standard InChI is InChI=1S/C13H15F3N4/c1-8-5-10(13(14,15)16)3-4-11(8)12(19-17)9-6-18-20(2)7-9/h3-7,12,19H,17H2,1-2H3. The lowest BCUT2D eigenvalue weighted by Crippen LogP contribution is -2.29. The Balaban J connectivity index is 2.41. The molecule has 0 spiro atoms. The first kappa shape index (κ1) is 14.5. The molecule has 2 aromatic rings. The predicted molar refractivity (Wildman–Crippen MR) is 68.6 cm³/mol. The van der Waals surface area contributed by atoms with Gasteiger partial charge in [0, 0.05) is 18.8 Å². The molecule has 1 heterocycles. The van der Waals surface area contributed by atoms with Crippen molar-refractivity contribution in [1.82, 2.24) is 15.2 Å². The highest BCUT2D eigenvalue weighted by atomic mass is 19.4. The van der Waals surface area contributed by atoms with Gasteiger partial charge in [0.15, 0.2) is 0 Å². The van der Waals surface area contributed by atoms with Gasteiger partial charge in [-0.3, -0.25) is 10.5 Å². The van der Waals surface area contributed by atoms with E-state index in [0.717, 1.165) is 17.7 Å². The molecule has 1 atom stereocenters. The fourth-order valence-corrected chi connectivity index (χ4v) is 2.13. The molecular weight excluding hydrogens is 269 g/mol. The monoisotopic (exact) mass is 284 g/mol. The topological polar surface area (TPSA) is 55.9 Å². The second-order valence-corrected chi connectivity index (χ2v) is 4.62. The van der Waals surface area contributed by atoms with E-state index in [1.165, 1.54) is 6.07 Å². The number of hydrazine groups is 1. The second-order valence-electron chi connectivity index (χ2n) is 4.62. The largest absolute Gasteiger partial charge is 0.416 e. The van der Waals surface area contributed by atoms with Crippen molar-refractivity contribution >= 4 is 0 Å². The van der Waals surface area contributed by atoms with E-state index in [4.69, 9.17) is 5.84 Å². The SMILES string of the molecule is Cc1cc(C(F)(F)F)ccc1C(NN)c1cnn(C)c1. The van der Waals surface area contributed by atoms with Gasteiger partial charge >= 0.3 is 6.18 Å². The molecule has 0 radical (unpaired) electrons. The van der Waals surface area contributed by atoms with Crippen LogP contribution < -0.4 is 11.3 Å². The Morgan fingerprint density at radius 1 is 1.35 bits per heavy atom. The van der Waals surface area contributed by atoms with Crippen molar-refractivity contribution in [2.45, 2.75) is 19.1 Å². The normalized spacial score (nSPS) is 13.5. The average molecular weight is 284 g/mol. The quantitative estimate of drug-likeness (QED) is 0.671. The Bertz CT molecular complexity index is 604. The number of hydrogen-bond donors (Lipinski definition) is 2. The van der Waals surface area contributed by atoms with Gasteiger partial charge < -0.3 is 0 Å². The van der Waals surface area contributed by atoms with Crippen LogP contribution in [-0.2, 0) is 13.2 Å². The van der Waals surface area contributed by atoms with Crippen LogP contribution >= 0.6 is 0 Å². The van der Waals surface area contributed by atoms with Gasteiger partial charge in [0.1, 0.15) is 0 Å². The van der Waals surface area contributed by atoms with Crippen LogP contribution in [0.1, 0.15) is 28.3 Å². The highest BCUT2D eigenvalue weighted by Crippen LogP contribution is 2.32. The maximum absolute atomic E-state index is 12.7. The highest BCUT2D eigenvalue weighted by Gasteiger charge is 2.31. The Hall–Kier alpha value is -1.86. The number of nitrogens with two attached hydrogens (primary N) is 1. The molecule has 108 valence electrons. The van der Waals surface area contributed by atoms with Crippen molar-refractivity contribution in [2.75, 3.05) is 0 Å². The smallest absolute Gasteiger partial charge is 0.275 e. The van der Waals surface area contributed by atoms with Gasteiger partial charge in [-0.25, -0.2) is 5.43 Å². The Morgan fingerprint density at radius 3 is 2.50 bits per heavy atom. The van der Waals surface area contributed by atoms with E-state index in [1.807, 2.05) is 0 Å². The number of aromatic nitrogens is 2. The summed E-state index contributed by atoms with van der Waals surface area (Å²) in [5.41, 5.74) is 3.94. The van der Waals surface area contributed by atoms with Crippen LogP contribution in [0.5, 0.6) is 0 Å². The van der Waals surface area contributed by atoms with Crippen LogP contribution in [0, 0.1) is 6.92 Å². The van der Waals surface area contributed by atoms with E-state index in [-0.39, 0.29) is 0 Å². The minimum atomic E-state index is -4.34.